The number of hydrogen-bond acceptors (Lipinski definition) is 14. The third-order valence-electron chi connectivity index (χ3n) is 8.09. The number of carbonyl (C=O) groups is 4. The fourth-order valence-corrected chi connectivity index (χ4v) is 6.49. The second kappa shape index (κ2) is 21.7. The van der Waals surface area contributed by atoms with Gasteiger partial charge in [0.05, 0.1) is 22.0 Å². The predicted octanol–water partition coefficient (Wildman–Crippen LogP) is -3.05. The van der Waals surface area contributed by atoms with Gasteiger partial charge in [0.1, 0.15) is 34.7 Å². The molecule has 2 aromatic carbocycles. The molecule has 296 valence electrons. The fourth-order valence-electron chi connectivity index (χ4n) is 5.23. The van der Waals surface area contributed by atoms with Crippen LogP contribution in [0.3, 0.4) is 0 Å². The van der Waals surface area contributed by atoms with Crippen LogP contribution in [0.15, 0.2) is 82.0 Å². The molecule has 56 heavy (non-hydrogen) atoms. The molecule has 0 aromatic heterocycles. The van der Waals surface area contributed by atoms with E-state index in [4.69, 9.17) is 18.9 Å². The molecular weight excluding hydrogens is 791 g/mol. The van der Waals surface area contributed by atoms with Gasteiger partial charge < -0.3 is 38.7 Å². The van der Waals surface area contributed by atoms with Crippen LogP contribution in [0.25, 0.3) is 11.1 Å². The van der Waals surface area contributed by atoms with Gasteiger partial charge in [-0.3, -0.25) is 0 Å². The standard InChI is InChI=1S/C38H48O14S2.2Na/c1-11-37(7,31(33(35(41)42)49-23(3)4)25-13-17-27(18-14-25)53(9,45)46)51-29(39)21-22-30(40)52-38(8,12-2)32(34(36(43)44)50-24(5)6)26-15-19-28(20-16-26)54(10,47)48;;/h13-24H,11-12H2,1-10H3,(H,41,42)(H,43,44);;/q;2*+1/p-2/b22-21+,33-31+,34-32+;;. The zero-order valence-electron chi connectivity index (χ0n) is 33.9. The molecule has 14 nitrogen and oxygen atoms in total. The second-order valence-corrected chi connectivity index (χ2v) is 17.3. The van der Waals surface area contributed by atoms with E-state index >= 15 is 0 Å². The first kappa shape index (κ1) is 53.0. The monoisotopic (exact) mass is 836 g/mol. The van der Waals surface area contributed by atoms with Crippen molar-refractivity contribution < 1.29 is 124 Å². The van der Waals surface area contributed by atoms with Crippen LogP contribution in [0.1, 0.15) is 79.4 Å². The number of ether oxygens (including phenoxy) is 4. The largest absolute Gasteiger partial charge is 1.00 e. The van der Waals surface area contributed by atoms with E-state index in [-0.39, 0.29) is 104 Å². The van der Waals surface area contributed by atoms with Crippen molar-refractivity contribution in [2.75, 3.05) is 12.5 Å². The summed E-state index contributed by atoms with van der Waals surface area (Å²) in [5, 5.41) is 24.8. The Balaban J connectivity index is 0.0000151. The van der Waals surface area contributed by atoms with E-state index < -0.39 is 78.5 Å². The molecule has 0 heterocycles. The average molecular weight is 837 g/mol. The van der Waals surface area contributed by atoms with E-state index in [1.165, 1.54) is 62.4 Å². The summed E-state index contributed by atoms with van der Waals surface area (Å²) in [4.78, 5) is 51.3. The van der Waals surface area contributed by atoms with Gasteiger partial charge in [-0.25, -0.2) is 26.4 Å². The maximum atomic E-state index is 13.3. The fraction of sp³-hybridized carbons (Fsp3) is 0.421. The molecule has 0 aliphatic heterocycles. The minimum absolute atomic E-state index is 0. The molecule has 2 unspecified atom stereocenters. The molecule has 0 spiro atoms. The second-order valence-electron chi connectivity index (χ2n) is 13.3. The number of carboxylic acids is 2. The molecule has 0 fully saturated rings. The average Bonchev–Trinajstić information content (AvgIpc) is 3.06. The Morgan fingerprint density at radius 1 is 0.607 bits per heavy atom. The summed E-state index contributed by atoms with van der Waals surface area (Å²) in [5.41, 5.74) is -3.47. The number of aliphatic carboxylic acids is 2. The molecule has 0 radical (unpaired) electrons. The van der Waals surface area contributed by atoms with Gasteiger partial charge in [0.2, 0.25) is 0 Å². The van der Waals surface area contributed by atoms with Crippen LogP contribution in [0.5, 0.6) is 0 Å². The normalized spacial score (nSPS) is 14.9. The van der Waals surface area contributed by atoms with E-state index in [0.29, 0.717) is 0 Å². The summed E-state index contributed by atoms with van der Waals surface area (Å²) in [5.74, 6) is -7.01. The van der Waals surface area contributed by atoms with Crippen LogP contribution in [0, 0.1) is 0 Å². The van der Waals surface area contributed by atoms with Gasteiger partial charge in [0, 0.05) is 35.8 Å². The number of sulfone groups is 2. The Hall–Kier alpha value is -2.96. The van der Waals surface area contributed by atoms with E-state index in [1.807, 2.05) is 0 Å². The summed E-state index contributed by atoms with van der Waals surface area (Å²) >= 11 is 0. The van der Waals surface area contributed by atoms with Crippen LogP contribution >= 0.6 is 0 Å². The SMILES string of the molecule is CCC(C)(OC(=O)/C=C/C(=O)OC(C)(CC)/C(=C(/OC(C)C)C(=O)[O-])c1ccc(S(C)(=O)=O)cc1)/C(=C(/OC(C)C)C(=O)[O-])c1ccc(S(C)(=O)=O)cc1.[Na+].[Na+]. The predicted molar refractivity (Wildman–Crippen MR) is 194 cm³/mol. The summed E-state index contributed by atoms with van der Waals surface area (Å²) in [6.45, 7) is 12.3. The molecule has 0 bridgehead atoms. The third-order valence-corrected chi connectivity index (χ3v) is 10.3. The number of benzene rings is 2. The van der Waals surface area contributed by atoms with Crippen molar-refractivity contribution in [3.05, 3.63) is 83.3 Å². The van der Waals surface area contributed by atoms with E-state index in [2.05, 4.69) is 0 Å². The molecular formula is C38H46Na2O14S2. The third kappa shape index (κ3) is 14.5. The molecule has 2 rings (SSSR count). The molecule has 0 amide bonds. The molecule has 0 aliphatic carbocycles. The first-order valence-corrected chi connectivity index (χ1v) is 20.6. The summed E-state index contributed by atoms with van der Waals surface area (Å²) < 4.78 is 71.0. The van der Waals surface area contributed by atoms with Crippen molar-refractivity contribution in [1.82, 2.24) is 0 Å². The first-order chi connectivity index (χ1) is 24.8. The number of rotatable bonds is 18. The number of carboxylic acid groups (broad SMARTS) is 2. The Labute approximate surface area is 373 Å². The van der Waals surface area contributed by atoms with Gasteiger partial charge in [0.15, 0.2) is 19.7 Å². The Kier molecular flexibility index (Phi) is 20.6. The Morgan fingerprint density at radius 2 is 0.875 bits per heavy atom. The van der Waals surface area contributed by atoms with Gasteiger partial charge in [0.25, 0.3) is 0 Å². The quantitative estimate of drug-likeness (QED) is 0.0631. The number of hydrogen-bond donors (Lipinski definition) is 0. The van der Waals surface area contributed by atoms with Gasteiger partial charge in [-0.1, -0.05) is 38.1 Å². The van der Waals surface area contributed by atoms with E-state index in [9.17, 15) is 46.2 Å². The molecule has 0 saturated carbocycles. The summed E-state index contributed by atoms with van der Waals surface area (Å²) in [7, 11) is -7.23. The minimum Gasteiger partial charge on any atom is -0.542 e. The minimum atomic E-state index is -3.61. The molecule has 0 aliphatic rings. The van der Waals surface area contributed by atoms with Crippen LogP contribution < -0.4 is 69.3 Å². The molecule has 2 aromatic rings. The van der Waals surface area contributed by atoms with Crippen molar-refractivity contribution in [3.63, 3.8) is 0 Å². The van der Waals surface area contributed by atoms with Crippen molar-refractivity contribution in [2.24, 2.45) is 0 Å². The zero-order valence-corrected chi connectivity index (χ0v) is 39.5. The molecule has 18 heteroatoms. The Morgan fingerprint density at radius 3 is 1.07 bits per heavy atom. The van der Waals surface area contributed by atoms with Crippen LogP contribution in [0.2, 0.25) is 0 Å². The summed E-state index contributed by atoms with van der Waals surface area (Å²) in [6.07, 6.45) is 2.08. The summed E-state index contributed by atoms with van der Waals surface area (Å²) in [6, 6.07) is 10.4. The van der Waals surface area contributed by atoms with Gasteiger partial charge in [-0.2, -0.15) is 0 Å². The maximum absolute atomic E-state index is 13.3. The smallest absolute Gasteiger partial charge is 0.542 e. The zero-order chi connectivity index (χ0) is 41.4. The number of carbonyl (C=O) groups excluding carboxylic acids is 4. The van der Waals surface area contributed by atoms with Crippen molar-refractivity contribution in [3.8, 4) is 0 Å². The van der Waals surface area contributed by atoms with Crippen molar-refractivity contribution in [2.45, 2.75) is 101 Å². The van der Waals surface area contributed by atoms with Crippen molar-refractivity contribution in [1.29, 1.82) is 0 Å². The van der Waals surface area contributed by atoms with Crippen LogP contribution in [-0.2, 0) is 57.8 Å². The number of esters is 2. The van der Waals surface area contributed by atoms with Gasteiger partial charge in [-0.15, -0.1) is 0 Å². The topological polar surface area (TPSA) is 220 Å². The first-order valence-electron chi connectivity index (χ1n) is 16.8. The molecule has 0 N–H and O–H groups in total. The molecule has 2 atom stereocenters. The maximum Gasteiger partial charge on any atom is 1.00 e. The van der Waals surface area contributed by atoms with Gasteiger partial charge >= 0.3 is 71.1 Å². The molecule has 0 saturated heterocycles. The van der Waals surface area contributed by atoms with E-state index in [1.54, 1.807) is 41.5 Å². The van der Waals surface area contributed by atoms with Crippen LogP contribution in [-0.4, -0.2) is 76.6 Å². The van der Waals surface area contributed by atoms with Crippen molar-refractivity contribution >= 4 is 54.7 Å². The van der Waals surface area contributed by atoms with Gasteiger partial charge in [-0.05, 0) is 89.8 Å². The van der Waals surface area contributed by atoms with E-state index in [0.717, 1.165) is 24.7 Å². The Bertz CT molecular complexity index is 1900. The van der Waals surface area contributed by atoms with Crippen LogP contribution in [0.4, 0.5) is 0 Å².